The van der Waals surface area contributed by atoms with Gasteiger partial charge in [0.1, 0.15) is 0 Å². The standard InChI is InChI=1S/C14H22O/c1-11(10-15)9-12-5-7-13(8-6-12)14(2,3)4/h5-8,11,15H,9-10H2,1-4H3. The van der Waals surface area contributed by atoms with Crippen LogP contribution < -0.4 is 0 Å². The fraction of sp³-hybridized carbons (Fsp3) is 0.571. The van der Waals surface area contributed by atoms with Crippen molar-refractivity contribution in [1.82, 2.24) is 0 Å². The molecule has 1 heteroatoms. The molecule has 0 heterocycles. The zero-order chi connectivity index (χ0) is 11.5. The monoisotopic (exact) mass is 206 g/mol. The lowest BCUT2D eigenvalue weighted by Crippen LogP contribution is -2.11. The van der Waals surface area contributed by atoms with Gasteiger partial charge in [0.25, 0.3) is 0 Å². The summed E-state index contributed by atoms with van der Waals surface area (Å²) in [7, 11) is 0. The molecular formula is C14H22O. The Hall–Kier alpha value is -0.820. The lowest BCUT2D eigenvalue weighted by Gasteiger charge is -2.19. The molecule has 0 fully saturated rings. The van der Waals surface area contributed by atoms with Crippen molar-refractivity contribution in [3.8, 4) is 0 Å². The van der Waals surface area contributed by atoms with E-state index >= 15 is 0 Å². The molecule has 1 N–H and O–H groups in total. The molecule has 0 aromatic heterocycles. The molecule has 0 radical (unpaired) electrons. The highest BCUT2D eigenvalue weighted by Gasteiger charge is 2.13. The summed E-state index contributed by atoms with van der Waals surface area (Å²) >= 11 is 0. The van der Waals surface area contributed by atoms with Crippen molar-refractivity contribution in [2.24, 2.45) is 5.92 Å². The summed E-state index contributed by atoms with van der Waals surface area (Å²) in [5.74, 6) is 0.352. The first-order chi connectivity index (χ1) is 6.93. The molecule has 1 aromatic carbocycles. The Morgan fingerprint density at radius 3 is 2.07 bits per heavy atom. The molecule has 1 unspecified atom stereocenters. The van der Waals surface area contributed by atoms with Gasteiger partial charge in [0.05, 0.1) is 0 Å². The van der Waals surface area contributed by atoms with E-state index in [2.05, 4.69) is 52.0 Å². The Bertz CT molecular complexity index is 292. The molecular weight excluding hydrogens is 184 g/mol. The number of rotatable bonds is 3. The quantitative estimate of drug-likeness (QED) is 0.805. The fourth-order valence-electron chi connectivity index (χ4n) is 1.61. The van der Waals surface area contributed by atoms with Crippen molar-refractivity contribution in [3.63, 3.8) is 0 Å². The van der Waals surface area contributed by atoms with E-state index in [-0.39, 0.29) is 12.0 Å². The number of hydrogen-bond acceptors (Lipinski definition) is 1. The van der Waals surface area contributed by atoms with Crippen LogP contribution in [0, 0.1) is 5.92 Å². The summed E-state index contributed by atoms with van der Waals surface area (Å²) in [5.41, 5.74) is 2.90. The highest BCUT2D eigenvalue weighted by atomic mass is 16.3. The third-order valence-electron chi connectivity index (χ3n) is 2.72. The van der Waals surface area contributed by atoms with Crippen LogP contribution in [0.4, 0.5) is 0 Å². The number of hydrogen-bond donors (Lipinski definition) is 1. The molecule has 84 valence electrons. The van der Waals surface area contributed by atoms with Crippen LogP contribution in [-0.4, -0.2) is 11.7 Å². The number of aliphatic hydroxyl groups is 1. The van der Waals surface area contributed by atoms with E-state index < -0.39 is 0 Å². The van der Waals surface area contributed by atoms with Gasteiger partial charge >= 0.3 is 0 Å². The molecule has 0 bridgehead atoms. The molecule has 1 atom stereocenters. The molecule has 0 spiro atoms. The van der Waals surface area contributed by atoms with Gasteiger partial charge in [-0.05, 0) is 28.9 Å². The van der Waals surface area contributed by atoms with Gasteiger partial charge in [-0.1, -0.05) is 52.0 Å². The van der Waals surface area contributed by atoms with Gasteiger partial charge in [0.2, 0.25) is 0 Å². The second kappa shape index (κ2) is 4.80. The first-order valence-electron chi connectivity index (χ1n) is 5.63. The molecule has 0 saturated carbocycles. The van der Waals surface area contributed by atoms with Gasteiger partial charge in [-0.3, -0.25) is 0 Å². The molecule has 15 heavy (non-hydrogen) atoms. The largest absolute Gasteiger partial charge is 0.396 e. The normalized spacial score (nSPS) is 13.9. The average Bonchev–Trinajstić information content (AvgIpc) is 2.17. The summed E-state index contributed by atoms with van der Waals surface area (Å²) in [6.07, 6.45) is 0.959. The van der Waals surface area contributed by atoms with Crippen molar-refractivity contribution in [3.05, 3.63) is 35.4 Å². The maximum Gasteiger partial charge on any atom is 0.0459 e. The topological polar surface area (TPSA) is 20.2 Å². The predicted octanol–water partition coefficient (Wildman–Crippen LogP) is 3.16. The molecule has 0 aliphatic carbocycles. The molecule has 1 nitrogen and oxygen atoms in total. The van der Waals surface area contributed by atoms with Gasteiger partial charge in [-0.25, -0.2) is 0 Å². The summed E-state index contributed by atoms with van der Waals surface area (Å²) in [6, 6.07) is 8.73. The molecule has 1 aromatic rings. The predicted molar refractivity (Wildman–Crippen MR) is 65.1 cm³/mol. The van der Waals surface area contributed by atoms with Crippen LogP contribution in [0.3, 0.4) is 0 Å². The highest BCUT2D eigenvalue weighted by Crippen LogP contribution is 2.22. The summed E-state index contributed by atoms with van der Waals surface area (Å²) < 4.78 is 0. The minimum absolute atomic E-state index is 0.223. The molecule has 0 saturated heterocycles. The van der Waals surface area contributed by atoms with Gasteiger partial charge < -0.3 is 5.11 Å². The maximum atomic E-state index is 8.98. The van der Waals surface area contributed by atoms with Crippen LogP contribution in [0.2, 0.25) is 0 Å². The van der Waals surface area contributed by atoms with Gasteiger partial charge in [0, 0.05) is 6.61 Å². The second-order valence-electron chi connectivity index (χ2n) is 5.44. The Labute approximate surface area is 93.1 Å². The third-order valence-corrected chi connectivity index (χ3v) is 2.72. The van der Waals surface area contributed by atoms with Crippen LogP contribution in [0.25, 0.3) is 0 Å². The zero-order valence-corrected chi connectivity index (χ0v) is 10.2. The lowest BCUT2D eigenvalue weighted by molar-refractivity contribution is 0.237. The lowest BCUT2D eigenvalue weighted by atomic mass is 9.86. The second-order valence-corrected chi connectivity index (χ2v) is 5.44. The summed E-state index contributed by atoms with van der Waals surface area (Å²) in [6.45, 7) is 8.99. The van der Waals surface area contributed by atoms with Crippen molar-refractivity contribution in [1.29, 1.82) is 0 Å². The Balaban J connectivity index is 2.73. The minimum atomic E-state index is 0.223. The van der Waals surface area contributed by atoms with Crippen LogP contribution >= 0.6 is 0 Å². The van der Waals surface area contributed by atoms with E-state index in [1.165, 1.54) is 11.1 Å². The van der Waals surface area contributed by atoms with Crippen LogP contribution in [0.5, 0.6) is 0 Å². The van der Waals surface area contributed by atoms with Gasteiger partial charge in [0.15, 0.2) is 0 Å². The first kappa shape index (κ1) is 12.3. The van der Waals surface area contributed by atoms with Gasteiger partial charge in [-0.15, -0.1) is 0 Å². The minimum Gasteiger partial charge on any atom is -0.396 e. The van der Waals surface area contributed by atoms with E-state index in [1.807, 2.05) is 0 Å². The summed E-state index contributed by atoms with van der Waals surface area (Å²) in [5, 5.41) is 8.98. The molecule has 0 aliphatic heterocycles. The van der Waals surface area contributed by atoms with E-state index in [0.717, 1.165) is 6.42 Å². The molecule has 0 amide bonds. The van der Waals surface area contributed by atoms with Gasteiger partial charge in [-0.2, -0.15) is 0 Å². The fourth-order valence-corrected chi connectivity index (χ4v) is 1.61. The number of benzene rings is 1. The Morgan fingerprint density at radius 1 is 1.13 bits per heavy atom. The zero-order valence-electron chi connectivity index (χ0n) is 10.2. The van der Waals surface area contributed by atoms with Crippen LogP contribution in [0.1, 0.15) is 38.8 Å². The first-order valence-corrected chi connectivity index (χ1v) is 5.63. The highest BCUT2D eigenvalue weighted by molar-refractivity contribution is 5.27. The third kappa shape index (κ3) is 3.67. The number of aliphatic hydroxyl groups excluding tert-OH is 1. The van der Waals surface area contributed by atoms with Crippen molar-refractivity contribution in [2.45, 2.75) is 39.5 Å². The van der Waals surface area contributed by atoms with Crippen molar-refractivity contribution in [2.75, 3.05) is 6.61 Å². The Morgan fingerprint density at radius 2 is 1.67 bits per heavy atom. The van der Waals surface area contributed by atoms with Crippen molar-refractivity contribution >= 4 is 0 Å². The maximum absolute atomic E-state index is 8.98. The van der Waals surface area contributed by atoms with E-state index in [1.54, 1.807) is 0 Å². The SMILES string of the molecule is CC(CO)Cc1ccc(C(C)(C)C)cc1. The molecule has 0 aliphatic rings. The van der Waals surface area contributed by atoms with Crippen LogP contribution in [-0.2, 0) is 11.8 Å². The van der Waals surface area contributed by atoms with E-state index in [0.29, 0.717) is 5.92 Å². The van der Waals surface area contributed by atoms with E-state index in [4.69, 9.17) is 5.11 Å². The van der Waals surface area contributed by atoms with Crippen molar-refractivity contribution < 1.29 is 5.11 Å². The van der Waals surface area contributed by atoms with E-state index in [9.17, 15) is 0 Å². The summed E-state index contributed by atoms with van der Waals surface area (Å²) in [4.78, 5) is 0. The smallest absolute Gasteiger partial charge is 0.0459 e. The van der Waals surface area contributed by atoms with Crippen LogP contribution in [0.15, 0.2) is 24.3 Å². The average molecular weight is 206 g/mol. The Kier molecular flexibility index (Phi) is 3.92. The molecule has 1 rings (SSSR count).